The summed E-state index contributed by atoms with van der Waals surface area (Å²) in [5.74, 6) is -1.09. The van der Waals surface area contributed by atoms with Crippen molar-refractivity contribution in [1.29, 1.82) is 0 Å². The highest BCUT2D eigenvalue weighted by atomic mass is 35.5. The Morgan fingerprint density at radius 1 is 1.21 bits per heavy atom. The minimum Gasteiger partial charge on any atom is -0.366 e. The number of hydrogen-bond donors (Lipinski definition) is 2. The van der Waals surface area contributed by atoms with E-state index in [4.69, 9.17) is 17.3 Å². The molecule has 0 aliphatic carbocycles. The van der Waals surface area contributed by atoms with E-state index in [0.717, 1.165) is 35.4 Å². The number of nitro groups is 1. The van der Waals surface area contributed by atoms with E-state index in [-0.39, 0.29) is 27.8 Å². The van der Waals surface area contributed by atoms with Crippen LogP contribution in [0, 0.1) is 10.1 Å². The Hall–Kier alpha value is -2.58. The summed E-state index contributed by atoms with van der Waals surface area (Å²) >= 11 is 7.26. The molecule has 7 nitrogen and oxygen atoms in total. The Morgan fingerprint density at radius 2 is 1.93 bits per heavy atom. The SMILES string of the molecule is CCc1ccc(Cl)c(CC)c1NC(=O)CSc1ccc(C(N)=O)cc1[N+](=O)[O-]. The molecule has 2 aromatic carbocycles. The van der Waals surface area contributed by atoms with E-state index in [1.165, 1.54) is 12.1 Å². The van der Waals surface area contributed by atoms with Gasteiger partial charge >= 0.3 is 0 Å². The molecule has 0 radical (unpaired) electrons. The summed E-state index contributed by atoms with van der Waals surface area (Å²) in [5.41, 5.74) is 7.46. The number of carbonyl (C=O) groups excluding carboxylic acids is 2. The first-order valence-corrected chi connectivity index (χ1v) is 9.95. The number of nitrogens with zero attached hydrogens (tertiary/aromatic N) is 1. The number of aryl methyl sites for hydroxylation is 1. The van der Waals surface area contributed by atoms with Crippen LogP contribution in [0.3, 0.4) is 0 Å². The summed E-state index contributed by atoms with van der Waals surface area (Å²) in [4.78, 5) is 34.6. The van der Waals surface area contributed by atoms with Crippen LogP contribution < -0.4 is 11.1 Å². The Labute approximate surface area is 171 Å². The fourth-order valence-electron chi connectivity index (χ4n) is 2.72. The molecule has 9 heteroatoms. The third kappa shape index (κ3) is 5.02. The minimum absolute atomic E-state index is 0.0322. The largest absolute Gasteiger partial charge is 0.366 e. The lowest BCUT2D eigenvalue weighted by molar-refractivity contribution is -0.387. The average molecular weight is 422 g/mol. The van der Waals surface area contributed by atoms with Crippen molar-refractivity contribution in [1.82, 2.24) is 0 Å². The molecule has 0 atom stereocenters. The monoisotopic (exact) mass is 421 g/mol. The van der Waals surface area contributed by atoms with Crippen LogP contribution in [0.1, 0.15) is 35.3 Å². The molecule has 0 spiro atoms. The predicted molar refractivity (Wildman–Crippen MR) is 111 cm³/mol. The van der Waals surface area contributed by atoms with E-state index in [0.29, 0.717) is 17.1 Å². The summed E-state index contributed by atoms with van der Waals surface area (Å²) in [6, 6.07) is 7.62. The van der Waals surface area contributed by atoms with Gasteiger partial charge in [-0.3, -0.25) is 19.7 Å². The molecule has 0 aliphatic rings. The number of primary amides is 1. The lowest BCUT2D eigenvalue weighted by Crippen LogP contribution is -2.17. The third-order valence-electron chi connectivity index (χ3n) is 4.14. The van der Waals surface area contributed by atoms with Crippen LogP contribution in [0.25, 0.3) is 0 Å². The topological polar surface area (TPSA) is 115 Å². The van der Waals surface area contributed by atoms with Crippen molar-refractivity contribution in [3.8, 4) is 0 Å². The Bertz CT molecular complexity index is 934. The normalized spacial score (nSPS) is 10.5. The van der Waals surface area contributed by atoms with Crippen molar-refractivity contribution in [3.63, 3.8) is 0 Å². The molecule has 148 valence electrons. The summed E-state index contributed by atoms with van der Waals surface area (Å²) < 4.78 is 0. The van der Waals surface area contributed by atoms with Crippen LogP contribution in [-0.2, 0) is 17.6 Å². The van der Waals surface area contributed by atoms with Gasteiger partial charge in [-0.25, -0.2) is 0 Å². The second-order valence-corrected chi connectivity index (χ2v) is 7.33. The van der Waals surface area contributed by atoms with Crippen LogP contribution in [-0.4, -0.2) is 22.5 Å². The quantitative estimate of drug-likeness (QED) is 0.376. The highest BCUT2D eigenvalue weighted by Crippen LogP contribution is 2.32. The minimum atomic E-state index is -0.752. The Kier molecular flexibility index (Phi) is 7.42. The highest BCUT2D eigenvalue weighted by Gasteiger charge is 2.19. The number of thioether (sulfide) groups is 1. The molecule has 0 aliphatic heterocycles. The summed E-state index contributed by atoms with van der Waals surface area (Å²) in [6.45, 7) is 3.94. The number of nitrogens with two attached hydrogens (primary N) is 1. The van der Waals surface area contributed by atoms with Gasteiger partial charge in [0.15, 0.2) is 0 Å². The van der Waals surface area contributed by atoms with Crippen molar-refractivity contribution in [3.05, 3.63) is 62.2 Å². The van der Waals surface area contributed by atoms with E-state index < -0.39 is 10.8 Å². The number of benzene rings is 2. The summed E-state index contributed by atoms with van der Waals surface area (Å²) in [7, 11) is 0. The van der Waals surface area contributed by atoms with Gasteiger partial charge in [0.05, 0.1) is 15.6 Å². The maximum atomic E-state index is 12.5. The molecule has 0 fully saturated rings. The van der Waals surface area contributed by atoms with Crippen LogP contribution in [0.15, 0.2) is 35.2 Å². The van der Waals surface area contributed by atoms with Crippen LogP contribution in [0.2, 0.25) is 5.02 Å². The van der Waals surface area contributed by atoms with Gasteiger partial charge in [-0.15, -0.1) is 11.8 Å². The molecule has 0 aromatic heterocycles. The molecule has 0 heterocycles. The standard InChI is InChI=1S/C19H20ClN3O4S/c1-3-11-5-7-14(20)13(4-2)18(11)22-17(24)10-28-16-8-6-12(19(21)25)9-15(16)23(26)27/h5-9H,3-4,10H2,1-2H3,(H2,21,25)(H,22,24). The molecular formula is C19H20ClN3O4S. The maximum absolute atomic E-state index is 12.5. The fourth-order valence-corrected chi connectivity index (χ4v) is 3.82. The smallest absolute Gasteiger partial charge is 0.283 e. The van der Waals surface area contributed by atoms with Gasteiger partial charge < -0.3 is 11.1 Å². The van der Waals surface area contributed by atoms with Crippen LogP contribution in [0.4, 0.5) is 11.4 Å². The van der Waals surface area contributed by atoms with Gasteiger partial charge in [-0.2, -0.15) is 0 Å². The number of nitrogens with one attached hydrogen (secondary N) is 1. The summed E-state index contributed by atoms with van der Waals surface area (Å²) in [6.07, 6.45) is 1.39. The van der Waals surface area contributed by atoms with E-state index in [2.05, 4.69) is 5.32 Å². The first kappa shape index (κ1) is 21.7. The van der Waals surface area contributed by atoms with E-state index >= 15 is 0 Å². The Balaban J connectivity index is 2.19. The number of nitro benzene ring substituents is 1. The molecule has 2 aromatic rings. The van der Waals surface area contributed by atoms with Gasteiger partial charge in [0, 0.05) is 22.3 Å². The molecule has 0 unspecified atom stereocenters. The van der Waals surface area contributed by atoms with E-state index in [1.807, 2.05) is 26.0 Å². The van der Waals surface area contributed by atoms with Gasteiger partial charge in [0.25, 0.3) is 5.69 Å². The van der Waals surface area contributed by atoms with Gasteiger partial charge in [0.2, 0.25) is 11.8 Å². The second kappa shape index (κ2) is 9.57. The number of hydrogen-bond acceptors (Lipinski definition) is 5. The summed E-state index contributed by atoms with van der Waals surface area (Å²) in [5, 5.41) is 14.7. The number of anilines is 1. The van der Waals surface area contributed by atoms with Crippen LogP contribution in [0.5, 0.6) is 0 Å². The van der Waals surface area contributed by atoms with Crippen molar-refractivity contribution >= 4 is 46.6 Å². The van der Waals surface area contributed by atoms with Crippen LogP contribution >= 0.6 is 23.4 Å². The lowest BCUT2D eigenvalue weighted by Gasteiger charge is -2.16. The lowest BCUT2D eigenvalue weighted by atomic mass is 10.0. The number of halogens is 1. The molecule has 2 amide bonds. The molecule has 3 N–H and O–H groups in total. The van der Waals surface area contributed by atoms with Gasteiger partial charge in [-0.05, 0) is 42.2 Å². The van der Waals surface area contributed by atoms with Crippen molar-refractivity contribution in [2.45, 2.75) is 31.6 Å². The van der Waals surface area contributed by atoms with Crippen molar-refractivity contribution < 1.29 is 14.5 Å². The molecule has 2 rings (SSSR count). The zero-order valence-corrected chi connectivity index (χ0v) is 17.0. The first-order valence-electron chi connectivity index (χ1n) is 8.59. The zero-order valence-electron chi connectivity index (χ0n) is 15.5. The zero-order chi connectivity index (χ0) is 20.8. The molecule has 0 saturated heterocycles. The average Bonchev–Trinajstić information content (AvgIpc) is 2.66. The molecule has 28 heavy (non-hydrogen) atoms. The predicted octanol–water partition coefficient (Wildman–Crippen LogP) is 4.20. The maximum Gasteiger partial charge on any atom is 0.283 e. The number of rotatable bonds is 8. The molecule has 0 bridgehead atoms. The number of amides is 2. The van der Waals surface area contributed by atoms with Crippen molar-refractivity contribution in [2.24, 2.45) is 5.73 Å². The van der Waals surface area contributed by atoms with E-state index in [9.17, 15) is 19.7 Å². The van der Waals surface area contributed by atoms with E-state index in [1.54, 1.807) is 0 Å². The Morgan fingerprint density at radius 3 is 2.50 bits per heavy atom. The van der Waals surface area contributed by atoms with Gasteiger partial charge in [-0.1, -0.05) is 31.5 Å². The number of carbonyl (C=O) groups is 2. The fraction of sp³-hybridized carbons (Fsp3) is 0.263. The first-order chi connectivity index (χ1) is 13.3. The molecule has 0 saturated carbocycles. The second-order valence-electron chi connectivity index (χ2n) is 5.91. The third-order valence-corrected chi connectivity index (χ3v) is 5.56. The van der Waals surface area contributed by atoms with Crippen molar-refractivity contribution in [2.75, 3.05) is 11.1 Å². The van der Waals surface area contributed by atoms with Gasteiger partial charge in [0.1, 0.15) is 0 Å². The highest BCUT2D eigenvalue weighted by molar-refractivity contribution is 8.00. The molecular weight excluding hydrogens is 402 g/mol.